The molecule has 1 amide bonds. The summed E-state index contributed by atoms with van der Waals surface area (Å²) in [4.78, 5) is 14.2. The maximum absolute atomic E-state index is 13.3. The maximum atomic E-state index is 13.3. The van der Waals surface area contributed by atoms with Crippen molar-refractivity contribution in [3.05, 3.63) is 29.3 Å². The summed E-state index contributed by atoms with van der Waals surface area (Å²) >= 11 is 0. The van der Waals surface area contributed by atoms with Crippen LogP contribution >= 0.6 is 0 Å². The number of benzene rings is 1. The Morgan fingerprint density at radius 1 is 1.21 bits per heavy atom. The number of hydrogen-bond acceptors (Lipinski definition) is 2. The van der Waals surface area contributed by atoms with Crippen LogP contribution in [-0.2, 0) is 0 Å². The second-order valence-corrected chi connectivity index (χ2v) is 5.19. The van der Waals surface area contributed by atoms with Crippen LogP contribution in [0.5, 0.6) is 0 Å². The minimum atomic E-state index is -1.05. The third-order valence-electron chi connectivity index (χ3n) is 3.75. The van der Waals surface area contributed by atoms with Crippen LogP contribution in [0.4, 0.5) is 14.5 Å². The fraction of sp³-hybridized carbons (Fsp3) is 0.500. The first-order chi connectivity index (χ1) is 8.91. The molecule has 0 radical (unpaired) electrons. The maximum Gasteiger partial charge on any atom is 0.256 e. The smallest absolute Gasteiger partial charge is 0.256 e. The molecule has 19 heavy (non-hydrogen) atoms. The quantitative estimate of drug-likeness (QED) is 0.796. The number of halogens is 2. The first-order valence-electron chi connectivity index (χ1n) is 6.49. The van der Waals surface area contributed by atoms with Crippen molar-refractivity contribution < 1.29 is 13.6 Å². The molecule has 3 nitrogen and oxygen atoms in total. The van der Waals surface area contributed by atoms with Crippen molar-refractivity contribution in [1.82, 2.24) is 4.90 Å². The van der Waals surface area contributed by atoms with Gasteiger partial charge in [0, 0.05) is 23.8 Å². The summed E-state index contributed by atoms with van der Waals surface area (Å²) < 4.78 is 26.3. The number of anilines is 1. The third kappa shape index (κ3) is 2.55. The van der Waals surface area contributed by atoms with Crippen LogP contribution in [0, 0.1) is 11.6 Å². The van der Waals surface area contributed by atoms with E-state index in [1.165, 1.54) is 0 Å². The molecule has 1 aromatic carbocycles. The molecule has 1 aliphatic heterocycles. The number of nitrogen functional groups attached to an aromatic ring is 1. The van der Waals surface area contributed by atoms with E-state index < -0.39 is 11.6 Å². The topological polar surface area (TPSA) is 46.3 Å². The van der Waals surface area contributed by atoms with E-state index in [2.05, 4.69) is 0 Å². The fourth-order valence-corrected chi connectivity index (χ4v) is 2.71. The van der Waals surface area contributed by atoms with Crippen molar-refractivity contribution in [1.29, 1.82) is 0 Å². The molecule has 2 rings (SSSR count). The van der Waals surface area contributed by atoms with Crippen LogP contribution < -0.4 is 5.73 Å². The van der Waals surface area contributed by atoms with Crippen LogP contribution in [0.3, 0.4) is 0 Å². The molecule has 0 saturated carbocycles. The van der Waals surface area contributed by atoms with Crippen molar-refractivity contribution in [2.45, 2.75) is 45.2 Å². The van der Waals surface area contributed by atoms with E-state index in [4.69, 9.17) is 5.73 Å². The molecule has 0 aliphatic carbocycles. The number of likely N-dealkylation sites (tertiary alicyclic amines) is 1. The van der Waals surface area contributed by atoms with Crippen LogP contribution in [0.1, 0.15) is 43.5 Å². The molecule has 1 fully saturated rings. The predicted molar refractivity (Wildman–Crippen MR) is 69.7 cm³/mol. The van der Waals surface area contributed by atoms with E-state index in [9.17, 15) is 13.6 Å². The van der Waals surface area contributed by atoms with Gasteiger partial charge in [-0.3, -0.25) is 4.79 Å². The average molecular weight is 268 g/mol. The Balaban J connectivity index is 2.35. The summed E-state index contributed by atoms with van der Waals surface area (Å²) in [7, 11) is 0. The van der Waals surface area contributed by atoms with Gasteiger partial charge in [0.15, 0.2) is 11.6 Å². The summed E-state index contributed by atoms with van der Waals surface area (Å²) in [6, 6.07) is 1.93. The van der Waals surface area contributed by atoms with Gasteiger partial charge in [-0.2, -0.15) is 0 Å². The largest absolute Gasteiger partial charge is 0.398 e. The number of rotatable bonds is 1. The summed E-state index contributed by atoms with van der Waals surface area (Å²) in [5, 5.41) is 0. The summed E-state index contributed by atoms with van der Waals surface area (Å²) in [5.74, 6) is -2.40. The van der Waals surface area contributed by atoms with Gasteiger partial charge in [0.05, 0.1) is 5.56 Å². The lowest BCUT2D eigenvalue weighted by atomic mass is 9.96. The Morgan fingerprint density at radius 3 is 2.32 bits per heavy atom. The van der Waals surface area contributed by atoms with Gasteiger partial charge in [-0.25, -0.2) is 8.78 Å². The molecule has 0 aromatic heterocycles. The Labute approximate surface area is 111 Å². The minimum absolute atomic E-state index is 0.0196. The molecule has 0 spiro atoms. The zero-order chi connectivity index (χ0) is 14.2. The monoisotopic (exact) mass is 268 g/mol. The lowest BCUT2D eigenvalue weighted by Crippen LogP contribution is -2.47. The normalized spacial score (nSPS) is 23.5. The van der Waals surface area contributed by atoms with Crippen molar-refractivity contribution in [3.63, 3.8) is 0 Å². The van der Waals surface area contributed by atoms with Crippen LogP contribution in [0.25, 0.3) is 0 Å². The number of nitrogens with zero attached hydrogens (tertiary/aromatic N) is 1. The SMILES string of the molecule is CC1CCCC(C)N1C(=O)c1cc(F)c(F)cc1N. The van der Waals surface area contributed by atoms with Gasteiger partial charge < -0.3 is 10.6 Å². The fourth-order valence-electron chi connectivity index (χ4n) is 2.71. The molecule has 1 heterocycles. The van der Waals surface area contributed by atoms with Gasteiger partial charge in [0.1, 0.15) is 0 Å². The van der Waals surface area contributed by atoms with E-state index in [1.54, 1.807) is 4.90 Å². The van der Waals surface area contributed by atoms with Gasteiger partial charge >= 0.3 is 0 Å². The zero-order valence-electron chi connectivity index (χ0n) is 11.1. The Bertz CT molecular complexity index is 494. The van der Waals surface area contributed by atoms with E-state index >= 15 is 0 Å². The lowest BCUT2D eigenvalue weighted by Gasteiger charge is -2.39. The number of carbonyl (C=O) groups is 1. The zero-order valence-corrected chi connectivity index (χ0v) is 11.1. The first kappa shape index (κ1) is 13.8. The standard InChI is InChI=1S/C14H18F2N2O/c1-8-4-3-5-9(2)18(8)14(19)10-6-11(15)12(16)7-13(10)17/h6-9H,3-5,17H2,1-2H3. The van der Waals surface area contributed by atoms with Crippen molar-refractivity contribution in [2.24, 2.45) is 0 Å². The highest BCUT2D eigenvalue weighted by Gasteiger charge is 2.31. The Kier molecular flexibility index (Phi) is 3.73. The molecule has 104 valence electrons. The number of amides is 1. The highest BCUT2D eigenvalue weighted by atomic mass is 19.2. The number of carbonyl (C=O) groups excluding carboxylic acids is 1. The number of hydrogen-bond donors (Lipinski definition) is 1. The molecular formula is C14H18F2N2O. The van der Waals surface area contributed by atoms with Crippen molar-refractivity contribution in [2.75, 3.05) is 5.73 Å². The van der Waals surface area contributed by atoms with E-state index in [-0.39, 0.29) is 29.2 Å². The van der Waals surface area contributed by atoms with Gasteiger partial charge in [-0.15, -0.1) is 0 Å². The lowest BCUT2D eigenvalue weighted by molar-refractivity contribution is 0.0511. The van der Waals surface area contributed by atoms with E-state index in [0.717, 1.165) is 31.4 Å². The second-order valence-electron chi connectivity index (χ2n) is 5.19. The number of nitrogens with two attached hydrogens (primary N) is 1. The van der Waals surface area contributed by atoms with Gasteiger partial charge in [0.2, 0.25) is 0 Å². The molecule has 5 heteroatoms. The Morgan fingerprint density at radius 2 is 1.74 bits per heavy atom. The Hall–Kier alpha value is -1.65. The highest BCUT2D eigenvalue weighted by molar-refractivity contribution is 5.99. The first-order valence-corrected chi connectivity index (χ1v) is 6.49. The molecular weight excluding hydrogens is 250 g/mol. The average Bonchev–Trinajstić information content (AvgIpc) is 2.33. The third-order valence-corrected chi connectivity index (χ3v) is 3.75. The molecule has 1 saturated heterocycles. The van der Waals surface area contributed by atoms with Gasteiger partial charge in [-0.05, 0) is 39.2 Å². The van der Waals surface area contributed by atoms with Gasteiger partial charge in [0.25, 0.3) is 5.91 Å². The molecule has 2 unspecified atom stereocenters. The molecule has 2 atom stereocenters. The predicted octanol–water partition coefficient (Wildman–Crippen LogP) is 2.95. The van der Waals surface area contributed by atoms with E-state index in [0.29, 0.717) is 0 Å². The van der Waals surface area contributed by atoms with Crippen LogP contribution in [0.2, 0.25) is 0 Å². The van der Waals surface area contributed by atoms with E-state index in [1.807, 2.05) is 13.8 Å². The summed E-state index contributed by atoms with van der Waals surface area (Å²) in [5.41, 5.74) is 5.66. The molecule has 0 bridgehead atoms. The minimum Gasteiger partial charge on any atom is -0.398 e. The molecule has 1 aliphatic rings. The number of piperidine rings is 1. The highest BCUT2D eigenvalue weighted by Crippen LogP contribution is 2.27. The summed E-state index contributed by atoms with van der Waals surface area (Å²) in [6.45, 7) is 3.92. The van der Waals surface area contributed by atoms with Crippen molar-refractivity contribution >= 4 is 11.6 Å². The van der Waals surface area contributed by atoms with Crippen LogP contribution in [0.15, 0.2) is 12.1 Å². The van der Waals surface area contributed by atoms with Crippen LogP contribution in [-0.4, -0.2) is 22.9 Å². The van der Waals surface area contributed by atoms with Gasteiger partial charge in [-0.1, -0.05) is 0 Å². The van der Waals surface area contributed by atoms with Crippen molar-refractivity contribution in [3.8, 4) is 0 Å². The molecule has 2 N–H and O–H groups in total. The second kappa shape index (κ2) is 5.15. The summed E-state index contributed by atoms with van der Waals surface area (Å²) in [6.07, 6.45) is 2.90. The molecule has 1 aromatic rings.